The van der Waals surface area contributed by atoms with E-state index in [1.54, 1.807) is 6.92 Å². The van der Waals surface area contributed by atoms with Crippen LogP contribution in [0.4, 0.5) is 0 Å². The number of rotatable bonds is 7. The van der Waals surface area contributed by atoms with Crippen LogP contribution in [0.5, 0.6) is 0 Å². The molecule has 0 aliphatic heterocycles. The highest BCUT2D eigenvalue weighted by Crippen LogP contribution is 2.40. The van der Waals surface area contributed by atoms with Crippen LogP contribution in [0.1, 0.15) is 56.6 Å². The summed E-state index contributed by atoms with van der Waals surface area (Å²) >= 11 is 0. The number of aromatic nitrogens is 4. The van der Waals surface area contributed by atoms with Crippen LogP contribution in [0, 0.1) is 11.8 Å². The summed E-state index contributed by atoms with van der Waals surface area (Å²) in [5.74, 6) is 0.787. The van der Waals surface area contributed by atoms with Crippen LogP contribution >= 0.6 is 0 Å². The van der Waals surface area contributed by atoms with E-state index >= 15 is 0 Å². The van der Waals surface area contributed by atoms with Gasteiger partial charge in [-0.1, -0.05) is 50.3 Å². The van der Waals surface area contributed by atoms with E-state index in [4.69, 9.17) is 15.0 Å². The van der Waals surface area contributed by atoms with E-state index < -0.39 is 5.54 Å². The first-order chi connectivity index (χ1) is 18.3. The quantitative estimate of drug-likeness (QED) is 0.207. The normalized spacial score (nSPS) is 16.4. The molecule has 5 heteroatoms. The van der Waals surface area contributed by atoms with Gasteiger partial charge in [0.15, 0.2) is 0 Å². The highest BCUT2D eigenvalue weighted by molar-refractivity contribution is 5.95. The van der Waals surface area contributed by atoms with Crippen molar-refractivity contribution in [3.05, 3.63) is 126 Å². The first-order valence-corrected chi connectivity index (χ1v) is 13.1. The number of aliphatic hydroxyl groups excluding tert-OH is 1. The predicted molar refractivity (Wildman–Crippen MR) is 156 cm³/mol. The Hall–Kier alpha value is -4.25. The fourth-order valence-corrected chi connectivity index (χ4v) is 5.48. The van der Waals surface area contributed by atoms with Gasteiger partial charge in [0.05, 0.1) is 28.2 Å². The molecule has 4 aromatic rings. The van der Waals surface area contributed by atoms with E-state index in [0.717, 1.165) is 51.1 Å². The summed E-state index contributed by atoms with van der Waals surface area (Å²) in [5, 5.41) is 10.5. The number of hydrogen-bond acceptors (Lipinski definition) is 4. The maximum atomic E-state index is 10.5. The second-order valence-corrected chi connectivity index (χ2v) is 10.3. The maximum absolute atomic E-state index is 10.5. The lowest BCUT2D eigenvalue weighted by Crippen LogP contribution is -2.34. The van der Waals surface area contributed by atoms with E-state index in [2.05, 4.69) is 62.4 Å². The number of fused-ring (bicyclic) bond motifs is 1. The molecule has 1 aliphatic rings. The molecule has 5 rings (SSSR count). The Morgan fingerprint density at radius 2 is 1.79 bits per heavy atom. The smallest absolute Gasteiger partial charge is 0.126 e. The van der Waals surface area contributed by atoms with Gasteiger partial charge in [-0.3, -0.25) is 15.0 Å². The molecule has 1 aliphatic carbocycles. The van der Waals surface area contributed by atoms with E-state index in [9.17, 15) is 5.11 Å². The Balaban J connectivity index is 1.84. The van der Waals surface area contributed by atoms with Crippen molar-refractivity contribution in [3.8, 4) is 0 Å². The van der Waals surface area contributed by atoms with Crippen molar-refractivity contribution in [2.24, 2.45) is 11.8 Å². The average Bonchev–Trinajstić information content (AvgIpc) is 3.32. The molecule has 0 aromatic carbocycles. The van der Waals surface area contributed by atoms with E-state index in [1.807, 2.05) is 61.1 Å². The minimum absolute atomic E-state index is 0.139. The zero-order valence-corrected chi connectivity index (χ0v) is 22.5. The van der Waals surface area contributed by atoms with Crippen molar-refractivity contribution in [1.29, 1.82) is 0 Å². The van der Waals surface area contributed by atoms with Gasteiger partial charge >= 0.3 is 0 Å². The van der Waals surface area contributed by atoms with Gasteiger partial charge in [0.1, 0.15) is 5.54 Å². The van der Waals surface area contributed by atoms with Crippen molar-refractivity contribution < 1.29 is 5.11 Å². The average molecular weight is 503 g/mol. The van der Waals surface area contributed by atoms with Gasteiger partial charge in [0.2, 0.25) is 0 Å². The molecule has 0 bridgehead atoms. The molecular weight excluding hydrogens is 468 g/mol. The first kappa shape index (κ1) is 25.4. The molecule has 0 saturated heterocycles. The fraction of sp³-hybridized carbons (Fsp3) is 0.242. The standard InChI is InChI=1S/C33H34N4O/c1-6-24-13-15-25(16-14-24)27-21-37(28-19-26(20-36-32(27)28)31(22(2)3)23(4)38)33(5,29-11-7-9-17-34-29)30-12-8-10-18-35-30/h6-13,15-22,24,38H,1,14H2,2-5H3/b31-23+. The summed E-state index contributed by atoms with van der Waals surface area (Å²) in [5.41, 5.74) is 6.89. The molecule has 0 amide bonds. The molecule has 4 heterocycles. The third kappa shape index (κ3) is 4.38. The third-order valence-corrected chi connectivity index (χ3v) is 7.47. The summed E-state index contributed by atoms with van der Waals surface area (Å²) in [6.45, 7) is 12.0. The number of aliphatic hydroxyl groups is 1. The van der Waals surface area contributed by atoms with Crippen LogP contribution in [-0.2, 0) is 5.54 Å². The zero-order chi connectivity index (χ0) is 26.9. The first-order valence-electron chi connectivity index (χ1n) is 13.1. The number of hydrogen-bond donors (Lipinski definition) is 1. The highest BCUT2D eigenvalue weighted by atomic mass is 16.3. The van der Waals surface area contributed by atoms with Gasteiger partial charge in [-0.15, -0.1) is 6.58 Å². The van der Waals surface area contributed by atoms with E-state index in [1.165, 1.54) is 0 Å². The molecular formula is C33H34N4O. The lowest BCUT2D eigenvalue weighted by atomic mass is 9.91. The highest BCUT2D eigenvalue weighted by Gasteiger charge is 2.36. The Bertz CT molecular complexity index is 1520. The molecule has 38 heavy (non-hydrogen) atoms. The minimum Gasteiger partial charge on any atom is -0.512 e. The van der Waals surface area contributed by atoms with Crippen molar-refractivity contribution >= 4 is 22.2 Å². The Kier molecular flexibility index (Phi) is 6.85. The molecule has 1 N–H and O–H groups in total. The summed E-state index contributed by atoms with van der Waals surface area (Å²) < 4.78 is 2.25. The van der Waals surface area contributed by atoms with Gasteiger partial charge in [0.25, 0.3) is 0 Å². The van der Waals surface area contributed by atoms with E-state index in [-0.39, 0.29) is 5.92 Å². The summed E-state index contributed by atoms with van der Waals surface area (Å²) in [4.78, 5) is 14.6. The van der Waals surface area contributed by atoms with Crippen LogP contribution in [0.3, 0.4) is 0 Å². The van der Waals surface area contributed by atoms with Crippen LogP contribution in [0.15, 0.2) is 104 Å². The third-order valence-electron chi connectivity index (χ3n) is 7.47. The fourth-order valence-electron chi connectivity index (χ4n) is 5.48. The molecule has 0 radical (unpaired) electrons. The van der Waals surface area contributed by atoms with Crippen LogP contribution in [0.2, 0.25) is 0 Å². The lowest BCUT2D eigenvalue weighted by molar-refractivity contribution is 0.412. The van der Waals surface area contributed by atoms with Crippen LogP contribution in [-0.4, -0.2) is 24.6 Å². The Morgan fingerprint density at radius 1 is 1.11 bits per heavy atom. The second kappa shape index (κ2) is 10.3. The largest absolute Gasteiger partial charge is 0.512 e. The summed E-state index contributed by atoms with van der Waals surface area (Å²) in [7, 11) is 0. The molecule has 192 valence electrons. The van der Waals surface area contributed by atoms with Crippen molar-refractivity contribution in [2.75, 3.05) is 0 Å². The molecule has 5 nitrogen and oxygen atoms in total. The van der Waals surface area contributed by atoms with Crippen molar-refractivity contribution in [1.82, 2.24) is 19.5 Å². The van der Waals surface area contributed by atoms with Crippen LogP contribution in [0.25, 0.3) is 22.2 Å². The minimum atomic E-state index is -0.710. The van der Waals surface area contributed by atoms with E-state index in [0.29, 0.717) is 11.7 Å². The molecule has 4 aromatic heterocycles. The monoisotopic (exact) mass is 502 g/mol. The SMILES string of the molecule is C=CC1C=CC(c2cn(C(C)(c3ccccn3)c3ccccn3)c3cc(/C(=C(\C)O)C(C)C)cnc23)=CC1. The van der Waals surface area contributed by atoms with Gasteiger partial charge in [-0.05, 0) is 68.0 Å². The Morgan fingerprint density at radius 3 is 2.29 bits per heavy atom. The second-order valence-electron chi connectivity index (χ2n) is 10.3. The zero-order valence-electron chi connectivity index (χ0n) is 22.5. The number of allylic oxidation sites excluding steroid dienone is 7. The Labute approximate surface area is 224 Å². The van der Waals surface area contributed by atoms with Gasteiger partial charge < -0.3 is 9.67 Å². The number of nitrogens with zero attached hydrogens (tertiary/aromatic N) is 4. The van der Waals surface area contributed by atoms with Gasteiger partial charge in [0, 0.05) is 41.5 Å². The number of pyridine rings is 3. The topological polar surface area (TPSA) is 63.8 Å². The van der Waals surface area contributed by atoms with Crippen LogP contribution < -0.4 is 0 Å². The summed E-state index contributed by atoms with van der Waals surface area (Å²) in [6, 6.07) is 14.1. The predicted octanol–water partition coefficient (Wildman–Crippen LogP) is 7.73. The molecule has 0 spiro atoms. The molecule has 1 atom stereocenters. The van der Waals surface area contributed by atoms with Crippen molar-refractivity contribution in [3.63, 3.8) is 0 Å². The summed E-state index contributed by atoms with van der Waals surface area (Å²) in [6.07, 6.45) is 17.2. The van der Waals surface area contributed by atoms with Gasteiger partial charge in [-0.2, -0.15) is 0 Å². The van der Waals surface area contributed by atoms with Crippen molar-refractivity contribution in [2.45, 2.75) is 39.7 Å². The van der Waals surface area contributed by atoms with Gasteiger partial charge in [-0.25, -0.2) is 0 Å². The molecule has 1 unspecified atom stereocenters. The lowest BCUT2D eigenvalue weighted by Gasteiger charge is -2.31. The maximum Gasteiger partial charge on any atom is 0.126 e. The molecule has 0 saturated carbocycles. The molecule has 0 fully saturated rings.